The van der Waals surface area contributed by atoms with Crippen molar-refractivity contribution in [1.82, 2.24) is 4.90 Å². The molecule has 1 N–H and O–H groups in total. The molecular weight excluding hydrogens is 343 g/mol. The molecule has 1 fully saturated rings. The number of carbonyl (C=O) groups excluding carboxylic acids is 2. The van der Waals surface area contributed by atoms with Gasteiger partial charge in [-0.2, -0.15) is 0 Å². The first-order valence-corrected chi connectivity index (χ1v) is 8.98. The molecule has 0 bridgehead atoms. The van der Waals surface area contributed by atoms with Gasteiger partial charge in [-0.1, -0.05) is 48.5 Å². The van der Waals surface area contributed by atoms with Crippen molar-refractivity contribution in [2.45, 2.75) is 18.9 Å². The van der Waals surface area contributed by atoms with E-state index < -0.39 is 11.8 Å². The second-order valence-electron chi connectivity index (χ2n) is 6.69. The number of likely N-dealkylation sites (tertiary alicyclic amines) is 1. The summed E-state index contributed by atoms with van der Waals surface area (Å²) in [6, 6.07) is 19.2. The number of hydrogen-bond donors (Lipinski definition) is 1. The normalized spacial score (nSPS) is 16.5. The van der Waals surface area contributed by atoms with Crippen LogP contribution >= 0.6 is 0 Å². The fraction of sp³-hybridized carbons (Fsp3) is 0.182. The molecule has 1 heterocycles. The number of nitrogens with zero attached hydrogens (tertiary/aromatic N) is 1. The molecule has 0 radical (unpaired) electrons. The number of benzene rings is 3. The van der Waals surface area contributed by atoms with E-state index in [0.29, 0.717) is 12.2 Å². The smallest absolute Gasteiger partial charge is 0.313 e. The van der Waals surface area contributed by atoms with Crippen molar-refractivity contribution < 1.29 is 14.0 Å². The van der Waals surface area contributed by atoms with Crippen LogP contribution in [-0.2, 0) is 9.59 Å². The van der Waals surface area contributed by atoms with Crippen LogP contribution in [0.25, 0.3) is 10.8 Å². The van der Waals surface area contributed by atoms with Gasteiger partial charge in [-0.3, -0.25) is 9.59 Å². The van der Waals surface area contributed by atoms with Crippen LogP contribution in [0.15, 0.2) is 66.7 Å². The predicted octanol–water partition coefficient (Wildman–Crippen LogP) is 4.28. The van der Waals surface area contributed by atoms with E-state index in [1.54, 1.807) is 18.2 Å². The minimum atomic E-state index is -0.672. The molecule has 1 atom stereocenters. The first kappa shape index (κ1) is 17.2. The second-order valence-corrected chi connectivity index (χ2v) is 6.69. The van der Waals surface area contributed by atoms with Gasteiger partial charge in [0.15, 0.2) is 0 Å². The van der Waals surface area contributed by atoms with Crippen molar-refractivity contribution in [1.29, 1.82) is 0 Å². The summed E-state index contributed by atoms with van der Waals surface area (Å²) in [5, 5.41) is 4.61. The van der Waals surface area contributed by atoms with Crippen LogP contribution < -0.4 is 5.32 Å². The first-order valence-electron chi connectivity index (χ1n) is 8.98. The molecule has 1 saturated heterocycles. The van der Waals surface area contributed by atoms with Crippen molar-refractivity contribution in [2.75, 3.05) is 11.9 Å². The van der Waals surface area contributed by atoms with Crippen molar-refractivity contribution in [3.8, 4) is 0 Å². The Balaban J connectivity index is 1.55. The van der Waals surface area contributed by atoms with E-state index in [2.05, 4.69) is 5.32 Å². The summed E-state index contributed by atoms with van der Waals surface area (Å²) in [5.74, 6) is -1.60. The van der Waals surface area contributed by atoms with Gasteiger partial charge in [-0.05, 0) is 42.0 Å². The molecule has 27 heavy (non-hydrogen) atoms. The molecule has 136 valence electrons. The summed E-state index contributed by atoms with van der Waals surface area (Å²) < 4.78 is 13.6. The van der Waals surface area contributed by atoms with Crippen LogP contribution in [0.3, 0.4) is 0 Å². The largest absolute Gasteiger partial charge is 0.327 e. The summed E-state index contributed by atoms with van der Waals surface area (Å²) in [7, 11) is 0. The molecular formula is C22H19FN2O2. The highest BCUT2D eigenvalue weighted by Crippen LogP contribution is 2.32. The van der Waals surface area contributed by atoms with Crippen LogP contribution in [0, 0.1) is 5.82 Å². The number of halogens is 1. The van der Waals surface area contributed by atoms with Gasteiger partial charge in [0.1, 0.15) is 5.82 Å². The summed E-state index contributed by atoms with van der Waals surface area (Å²) in [4.78, 5) is 26.9. The average molecular weight is 362 g/mol. The molecule has 0 aromatic heterocycles. The Morgan fingerprint density at radius 1 is 1.00 bits per heavy atom. The summed E-state index contributed by atoms with van der Waals surface area (Å²) in [5.41, 5.74) is 1.33. The lowest BCUT2D eigenvalue weighted by atomic mass is 10.0. The zero-order valence-corrected chi connectivity index (χ0v) is 14.7. The maximum Gasteiger partial charge on any atom is 0.313 e. The maximum absolute atomic E-state index is 13.6. The number of rotatable bonds is 2. The Morgan fingerprint density at radius 3 is 2.63 bits per heavy atom. The highest BCUT2D eigenvalue weighted by molar-refractivity contribution is 6.40. The van der Waals surface area contributed by atoms with Gasteiger partial charge in [0.05, 0.1) is 6.04 Å². The third-order valence-electron chi connectivity index (χ3n) is 4.98. The lowest BCUT2D eigenvalue weighted by molar-refractivity contribution is -0.143. The summed E-state index contributed by atoms with van der Waals surface area (Å²) in [6.07, 6.45) is 1.51. The lowest BCUT2D eigenvalue weighted by Crippen LogP contribution is -2.39. The molecule has 2 amide bonds. The Hall–Kier alpha value is -3.21. The summed E-state index contributed by atoms with van der Waals surface area (Å²) in [6.45, 7) is 0.489. The van der Waals surface area contributed by atoms with E-state index >= 15 is 0 Å². The van der Waals surface area contributed by atoms with Crippen LogP contribution in [0.4, 0.5) is 10.1 Å². The van der Waals surface area contributed by atoms with Crippen molar-refractivity contribution in [3.63, 3.8) is 0 Å². The molecule has 4 rings (SSSR count). The molecule has 0 aliphatic carbocycles. The van der Waals surface area contributed by atoms with E-state index in [1.165, 1.54) is 17.0 Å². The SMILES string of the molecule is O=C(Nc1cccc2ccccc12)C(=O)N1CCCC1c1cccc(F)c1. The Kier molecular flexibility index (Phi) is 4.59. The molecule has 0 spiro atoms. The Bertz CT molecular complexity index is 1010. The van der Waals surface area contributed by atoms with E-state index in [4.69, 9.17) is 0 Å². The zero-order chi connectivity index (χ0) is 18.8. The van der Waals surface area contributed by atoms with Crippen molar-refractivity contribution >= 4 is 28.3 Å². The van der Waals surface area contributed by atoms with E-state index in [-0.39, 0.29) is 11.9 Å². The lowest BCUT2D eigenvalue weighted by Gasteiger charge is -2.24. The van der Waals surface area contributed by atoms with Crippen LogP contribution in [0.5, 0.6) is 0 Å². The van der Waals surface area contributed by atoms with Gasteiger partial charge in [-0.15, -0.1) is 0 Å². The third kappa shape index (κ3) is 3.40. The molecule has 0 saturated carbocycles. The molecule has 5 heteroatoms. The second kappa shape index (κ2) is 7.19. The van der Waals surface area contributed by atoms with Crippen LogP contribution in [0.1, 0.15) is 24.4 Å². The number of hydrogen-bond acceptors (Lipinski definition) is 2. The average Bonchev–Trinajstić information content (AvgIpc) is 3.17. The van der Waals surface area contributed by atoms with Crippen molar-refractivity contribution in [2.24, 2.45) is 0 Å². The molecule has 1 aliphatic rings. The molecule has 3 aromatic carbocycles. The maximum atomic E-state index is 13.6. The number of nitrogens with one attached hydrogen (secondary N) is 1. The van der Waals surface area contributed by atoms with Crippen LogP contribution in [0.2, 0.25) is 0 Å². The quantitative estimate of drug-likeness (QED) is 0.692. The van der Waals surface area contributed by atoms with Gasteiger partial charge in [0.2, 0.25) is 0 Å². The molecule has 3 aromatic rings. The van der Waals surface area contributed by atoms with E-state index in [0.717, 1.165) is 29.2 Å². The number of anilines is 1. The topological polar surface area (TPSA) is 49.4 Å². The van der Waals surface area contributed by atoms with Gasteiger partial charge in [-0.25, -0.2) is 4.39 Å². The Labute approximate surface area is 156 Å². The van der Waals surface area contributed by atoms with E-state index in [9.17, 15) is 14.0 Å². The fourth-order valence-corrected chi connectivity index (χ4v) is 3.71. The minimum Gasteiger partial charge on any atom is -0.327 e. The molecule has 1 aliphatic heterocycles. The van der Waals surface area contributed by atoms with Gasteiger partial charge < -0.3 is 10.2 Å². The third-order valence-corrected chi connectivity index (χ3v) is 4.98. The highest BCUT2D eigenvalue weighted by atomic mass is 19.1. The minimum absolute atomic E-state index is 0.272. The predicted molar refractivity (Wildman–Crippen MR) is 103 cm³/mol. The van der Waals surface area contributed by atoms with Crippen molar-refractivity contribution in [3.05, 3.63) is 78.1 Å². The number of amides is 2. The monoisotopic (exact) mass is 362 g/mol. The Morgan fingerprint density at radius 2 is 1.78 bits per heavy atom. The van der Waals surface area contributed by atoms with Crippen LogP contribution in [-0.4, -0.2) is 23.3 Å². The summed E-state index contributed by atoms with van der Waals surface area (Å²) >= 11 is 0. The van der Waals surface area contributed by atoms with Gasteiger partial charge in [0, 0.05) is 17.6 Å². The zero-order valence-electron chi connectivity index (χ0n) is 14.7. The molecule has 4 nitrogen and oxygen atoms in total. The van der Waals surface area contributed by atoms with Gasteiger partial charge >= 0.3 is 11.8 Å². The fourth-order valence-electron chi connectivity index (χ4n) is 3.71. The number of carbonyl (C=O) groups is 2. The first-order chi connectivity index (χ1) is 13.1. The van der Waals surface area contributed by atoms with Gasteiger partial charge in [0.25, 0.3) is 0 Å². The highest BCUT2D eigenvalue weighted by Gasteiger charge is 2.33. The van der Waals surface area contributed by atoms with E-state index in [1.807, 2.05) is 36.4 Å². The number of fused-ring (bicyclic) bond motifs is 1. The molecule has 1 unspecified atom stereocenters. The standard InChI is InChI=1S/C22H19FN2O2/c23-17-9-3-8-16(14-17)20-12-5-13-25(20)22(27)21(26)24-19-11-4-7-15-6-1-2-10-18(15)19/h1-4,6-11,14,20H,5,12-13H2,(H,24,26).